The molecule has 3 N–H and O–H groups in total. The number of hydrogen-bond acceptors (Lipinski definition) is 2. The molecular weight excluding hydrogens is 224 g/mol. The first-order chi connectivity index (χ1) is 8.59. The van der Waals surface area contributed by atoms with Gasteiger partial charge in [-0.25, -0.2) is 0 Å². The van der Waals surface area contributed by atoms with E-state index in [4.69, 9.17) is 5.73 Å². The Hall–Kier alpha value is -1.35. The van der Waals surface area contributed by atoms with E-state index in [0.29, 0.717) is 0 Å². The number of amides is 1. The van der Waals surface area contributed by atoms with E-state index in [1.54, 1.807) is 0 Å². The predicted molar refractivity (Wildman–Crippen MR) is 75.4 cm³/mol. The van der Waals surface area contributed by atoms with Crippen molar-refractivity contribution in [2.45, 2.75) is 38.5 Å². The van der Waals surface area contributed by atoms with Gasteiger partial charge in [0.1, 0.15) is 0 Å². The van der Waals surface area contributed by atoms with Crippen LogP contribution in [0.3, 0.4) is 0 Å². The fraction of sp³-hybridized carbons (Fsp3) is 0.533. The monoisotopic (exact) mass is 248 g/mol. The summed E-state index contributed by atoms with van der Waals surface area (Å²) in [7, 11) is 0. The molecule has 0 saturated carbocycles. The third-order valence-electron chi connectivity index (χ3n) is 3.23. The standard InChI is InChI=1S/C15H24N2O/c1-15(2,13-9-5-3-6-10-13)14(18)17-12-8-4-7-11-16/h3,5-6,9-10H,4,7-8,11-12,16H2,1-2H3,(H,17,18). The number of nitrogens with one attached hydrogen (secondary N) is 1. The van der Waals surface area contributed by atoms with Gasteiger partial charge in [-0.05, 0) is 38.8 Å². The Labute approximate surface area is 110 Å². The van der Waals surface area contributed by atoms with Gasteiger partial charge in [0.05, 0.1) is 5.41 Å². The number of hydrogen-bond donors (Lipinski definition) is 2. The van der Waals surface area contributed by atoms with E-state index in [0.717, 1.165) is 37.9 Å². The van der Waals surface area contributed by atoms with Crippen LogP contribution in [0.4, 0.5) is 0 Å². The van der Waals surface area contributed by atoms with Crippen LogP contribution in [0.5, 0.6) is 0 Å². The zero-order chi connectivity index (χ0) is 13.4. The predicted octanol–water partition coefficient (Wildman–Crippen LogP) is 2.21. The molecule has 0 radical (unpaired) electrons. The number of benzene rings is 1. The van der Waals surface area contributed by atoms with E-state index in [1.165, 1.54) is 0 Å². The first-order valence-corrected chi connectivity index (χ1v) is 6.63. The molecule has 1 rings (SSSR count). The summed E-state index contributed by atoms with van der Waals surface area (Å²) in [4.78, 5) is 12.2. The second-order valence-electron chi connectivity index (χ2n) is 5.10. The van der Waals surface area contributed by atoms with Crippen molar-refractivity contribution >= 4 is 5.91 Å². The SMILES string of the molecule is CC(C)(C(=O)NCCCCCN)c1ccccc1. The van der Waals surface area contributed by atoms with Gasteiger partial charge in [-0.1, -0.05) is 36.8 Å². The van der Waals surface area contributed by atoms with E-state index in [9.17, 15) is 4.79 Å². The average molecular weight is 248 g/mol. The lowest BCUT2D eigenvalue weighted by molar-refractivity contribution is -0.125. The van der Waals surface area contributed by atoms with Gasteiger partial charge in [0.2, 0.25) is 5.91 Å². The minimum absolute atomic E-state index is 0.0847. The fourth-order valence-electron chi connectivity index (χ4n) is 1.85. The quantitative estimate of drug-likeness (QED) is 0.727. The number of carbonyl (C=O) groups excluding carboxylic acids is 1. The normalized spacial score (nSPS) is 11.3. The molecule has 100 valence electrons. The molecule has 1 aromatic carbocycles. The summed E-state index contributed by atoms with van der Waals surface area (Å²) in [5.74, 6) is 0.0847. The summed E-state index contributed by atoms with van der Waals surface area (Å²) in [6.45, 7) is 5.37. The van der Waals surface area contributed by atoms with Crippen LogP contribution in [0.15, 0.2) is 30.3 Å². The lowest BCUT2D eigenvalue weighted by Crippen LogP contribution is -2.40. The maximum Gasteiger partial charge on any atom is 0.230 e. The molecule has 3 nitrogen and oxygen atoms in total. The molecule has 0 aromatic heterocycles. The molecule has 0 heterocycles. The molecule has 3 heteroatoms. The smallest absolute Gasteiger partial charge is 0.230 e. The lowest BCUT2D eigenvalue weighted by atomic mass is 9.84. The molecule has 0 atom stereocenters. The summed E-state index contributed by atoms with van der Waals surface area (Å²) < 4.78 is 0. The molecule has 0 fully saturated rings. The number of rotatable bonds is 7. The zero-order valence-corrected chi connectivity index (χ0v) is 11.4. The van der Waals surface area contributed by atoms with E-state index in [1.807, 2.05) is 44.2 Å². The van der Waals surface area contributed by atoms with Gasteiger partial charge in [0, 0.05) is 6.54 Å². The van der Waals surface area contributed by atoms with Crippen LogP contribution >= 0.6 is 0 Å². The third-order valence-corrected chi connectivity index (χ3v) is 3.23. The Morgan fingerprint density at radius 2 is 1.83 bits per heavy atom. The molecule has 18 heavy (non-hydrogen) atoms. The Morgan fingerprint density at radius 3 is 2.44 bits per heavy atom. The molecule has 1 aromatic rings. The summed E-state index contributed by atoms with van der Waals surface area (Å²) in [6, 6.07) is 9.88. The minimum Gasteiger partial charge on any atom is -0.355 e. The van der Waals surface area contributed by atoms with Crippen LogP contribution in [-0.4, -0.2) is 19.0 Å². The van der Waals surface area contributed by atoms with Crippen molar-refractivity contribution in [2.75, 3.05) is 13.1 Å². The molecule has 0 unspecified atom stereocenters. The van der Waals surface area contributed by atoms with Gasteiger partial charge in [-0.2, -0.15) is 0 Å². The van der Waals surface area contributed by atoms with Crippen molar-refractivity contribution in [3.8, 4) is 0 Å². The largest absolute Gasteiger partial charge is 0.355 e. The summed E-state index contributed by atoms with van der Waals surface area (Å²) in [6.07, 6.45) is 3.09. The van der Waals surface area contributed by atoms with Gasteiger partial charge in [-0.3, -0.25) is 4.79 Å². The Kier molecular flexibility index (Phi) is 5.86. The highest BCUT2D eigenvalue weighted by molar-refractivity contribution is 5.87. The average Bonchev–Trinajstić information content (AvgIpc) is 2.39. The summed E-state index contributed by atoms with van der Waals surface area (Å²) in [5, 5.41) is 3.00. The highest BCUT2D eigenvalue weighted by Crippen LogP contribution is 2.22. The highest BCUT2D eigenvalue weighted by Gasteiger charge is 2.28. The van der Waals surface area contributed by atoms with E-state index in [-0.39, 0.29) is 5.91 Å². The van der Waals surface area contributed by atoms with Gasteiger partial charge in [0.25, 0.3) is 0 Å². The Morgan fingerprint density at radius 1 is 1.17 bits per heavy atom. The molecule has 0 spiro atoms. The Balaban J connectivity index is 2.45. The van der Waals surface area contributed by atoms with Crippen molar-refractivity contribution in [2.24, 2.45) is 5.73 Å². The van der Waals surface area contributed by atoms with Gasteiger partial charge < -0.3 is 11.1 Å². The molecule has 0 saturated heterocycles. The second-order valence-corrected chi connectivity index (χ2v) is 5.10. The first-order valence-electron chi connectivity index (χ1n) is 6.63. The molecule has 0 bridgehead atoms. The zero-order valence-electron chi connectivity index (χ0n) is 11.4. The molecule has 0 aliphatic carbocycles. The molecule has 0 aliphatic rings. The van der Waals surface area contributed by atoms with Gasteiger partial charge in [-0.15, -0.1) is 0 Å². The van der Waals surface area contributed by atoms with Crippen molar-refractivity contribution in [3.63, 3.8) is 0 Å². The van der Waals surface area contributed by atoms with Crippen molar-refractivity contribution < 1.29 is 4.79 Å². The van der Waals surface area contributed by atoms with E-state index in [2.05, 4.69) is 5.32 Å². The maximum absolute atomic E-state index is 12.2. The first kappa shape index (κ1) is 14.7. The van der Waals surface area contributed by atoms with Crippen LogP contribution in [0.2, 0.25) is 0 Å². The molecular formula is C15H24N2O. The minimum atomic E-state index is -0.477. The van der Waals surface area contributed by atoms with Crippen molar-refractivity contribution in [1.29, 1.82) is 0 Å². The van der Waals surface area contributed by atoms with Gasteiger partial charge in [0.15, 0.2) is 0 Å². The van der Waals surface area contributed by atoms with E-state index >= 15 is 0 Å². The number of unbranched alkanes of at least 4 members (excludes halogenated alkanes) is 2. The maximum atomic E-state index is 12.2. The van der Waals surface area contributed by atoms with Gasteiger partial charge >= 0.3 is 0 Å². The fourth-order valence-corrected chi connectivity index (χ4v) is 1.85. The lowest BCUT2D eigenvalue weighted by Gasteiger charge is -2.24. The summed E-state index contributed by atoms with van der Waals surface area (Å²) >= 11 is 0. The molecule has 0 aliphatic heterocycles. The van der Waals surface area contributed by atoms with Crippen LogP contribution in [-0.2, 0) is 10.2 Å². The van der Waals surface area contributed by atoms with Crippen molar-refractivity contribution in [3.05, 3.63) is 35.9 Å². The number of carbonyl (C=O) groups is 1. The summed E-state index contributed by atoms with van der Waals surface area (Å²) in [5.41, 5.74) is 6.00. The number of nitrogens with two attached hydrogens (primary N) is 1. The van der Waals surface area contributed by atoms with Crippen LogP contribution < -0.4 is 11.1 Å². The highest BCUT2D eigenvalue weighted by atomic mass is 16.2. The van der Waals surface area contributed by atoms with Crippen LogP contribution in [0.25, 0.3) is 0 Å². The Bertz CT molecular complexity index is 360. The van der Waals surface area contributed by atoms with Crippen LogP contribution in [0, 0.1) is 0 Å². The van der Waals surface area contributed by atoms with Crippen LogP contribution in [0.1, 0.15) is 38.7 Å². The third kappa shape index (κ3) is 4.15. The second kappa shape index (κ2) is 7.17. The topological polar surface area (TPSA) is 55.1 Å². The van der Waals surface area contributed by atoms with E-state index < -0.39 is 5.41 Å². The molecule has 1 amide bonds. The van der Waals surface area contributed by atoms with Crippen molar-refractivity contribution in [1.82, 2.24) is 5.32 Å².